The van der Waals surface area contributed by atoms with Crippen molar-refractivity contribution in [3.8, 4) is 0 Å². The standard InChI is InChI=1S/C13H19N3O6S/c1-8(2)5-15-11(18)12(19)16(13(15)20)6-10(17)14-9-3-4-23(21,22)7-9/h8-9H,3-7H2,1-2H3,(H,14,17)/t9-/m1/s1. The maximum atomic E-state index is 12.1. The van der Waals surface area contributed by atoms with E-state index in [-0.39, 0.29) is 24.0 Å². The summed E-state index contributed by atoms with van der Waals surface area (Å²) in [6.45, 7) is 3.10. The third kappa shape index (κ3) is 3.87. The van der Waals surface area contributed by atoms with Gasteiger partial charge in [-0.2, -0.15) is 0 Å². The lowest BCUT2D eigenvalue weighted by Crippen LogP contribution is -2.45. The Morgan fingerprint density at radius 1 is 1.22 bits per heavy atom. The molecule has 1 N–H and O–H groups in total. The van der Waals surface area contributed by atoms with Crippen molar-refractivity contribution in [1.82, 2.24) is 15.1 Å². The van der Waals surface area contributed by atoms with Gasteiger partial charge in [-0.15, -0.1) is 0 Å². The fourth-order valence-electron chi connectivity index (χ4n) is 2.54. The zero-order valence-corrected chi connectivity index (χ0v) is 13.8. The first-order valence-electron chi connectivity index (χ1n) is 7.28. The predicted molar refractivity (Wildman–Crippen MR) is 78.9 cm³/mol. The van der Waals surface area contributed by atoms with Gasteiger partial charge in [0.05, 0.1) is 11.5 Å². The maximum absolute atomic E-state index is 12.1. The van der Waals surface area contributed by atoms with E-state index in [2.05, 4.69) is 5.32 Å². The first kappa shape index (κ1) is 17.4. The van der Waals surface area contributed by atoms with Gasteiger partial charge in [0.15, 0.2) is 9.84 Å². The second-order valence-corrected chi connectivity index (χ2v) is 8.38. The first-order chi connectivity index (χ1) is 10.6. The summed E-state index contributed by atoms with van der Waals surface area (Å²) in [5.74, 6) is -2.80. The normalized spacial score (nSPS) is 24.0. The van der Waals surface area contributed by atoms with E-state index in [1.807, 2.05) is 0 Å². The molecular weight excluding hydrogens is 326 g/mol. The van der Waals surface area contributed by atoms with Crippen molar-refractivity contribution in [1.29, 1.82) is 0 Å². The Morgan fingerprint density at radius 2 is 1.83 bits per heavy atom. The van der Waals surface area contributed by atoms with Crippen molar-refractivity contribution in [3.63, 3.8) is 0 Å². The second-order valence-electron chi connectivity index (χ2n) is 6.15. The van der Waals surface area contributed by atoms with Crippen LogP contribution in [0.5, 0.6) is 0 Å². The van der Waals surface area contributed by atoms with Crippen molar-refractivity contribution in [2.24, 2.45) is 5.92 Å². The number of carbonyl (C=O) groups excluding carboxylic acids is 4. The van der Waals surface area contributed by atoms with E-state index in [1.54, 1.807) is 13.8 Å². The molecule has 0 bridgehead atoms. The number of sulfone groups is 1. The molecule has 2 saturated heterocycles. The van der Waals surface area contributed by atoms with Crippen molar-refractivity contribution >= 4 is 33.6 Å². The molecule has 128 valence electrons. The van der Waals surface area contributed by atoms with Crippen LogP contribution >= 0.6 is 0 Å². The molecule has 5 amide bonds. The summed E-state index contributed by atoms with van der Waals surface area (Å²) in [6, 6.07) is -1.34. The van der Waals surface area contributed by atoms with Crippen LogP contribution in [0.4, 0.5) is 4.79 Å². The highest BCUT2D eigenvalue weighted by Gasteiger charge is 2.45. The highest BCUT2D eigenvalue weighted by molar-refractivity contribution is 7.91. The fraction of sp³-hybridized carbons (Fsp3) is 0.692. The molecule has 0 aliphatic carbocycles. The molecular formula is C13H19N3O6S. The van der Waals surface area contributed by atoms with E-state index >= 15 is 0 Å². The molecule has 1 atom stereocenters. The zero-order valence-electron chi connectivity index (χ0n) is 12.9. The summed E-state index contributed by atoms with van der Waals surface area (Å²) >= 11 is 0. The molecule has 23 heavy (non-hydrogen) atoms. The highest BCUT2D eigenvalue weighted by atomic mass is 32.2. The van der Waals surface area contributed by atoms with Crippen LogP contribution in [-0.4, -0.2) is 72.6 Å². The molecule has 2 aliphatic rings. The summed E-state index contributed by atoms with van der Waals surface area (Å²) in [7, 11) is -3.15. The molecule has 2 aliphatic heterocycles. The highest BCUT2D eigenvalue weighted by Crippen LogP contribution is 2.15. The third-order valence-electron chi connectivity index (χ3n) is 3.58. The minimum atomic E-state index is -3.15. The van der Waals surface area contributed by atoms with E-state index in [4.69, 9.17) is 0 Å². The first-order valence-corrected chi connectivity index (χ1v) is 9.10. The Morgan fingerprint density at radius 3 is 2.35 bits per heavy atom. The molecule has 0 radical (unpaired) electrons. The van der Waals surface area contributed by atoms with Gasteiger partial charge in [-0.3, -0.25) is 19.3 Å². The summed E-state index contributed by atoms with van der Waals surface area (Å²) in [6.07, 6.45) is 0.300. The van der Waals surface area contributed by atoms with Crippen LogP contribution in [0, 0.1) is 5.92 Å². The summed E-state index contributed by atoms with van der Waals surface area (Å²) in [5.41, 5.74) is 0. The number of hydrogen-bond donors (Lipinski definition) is 1. The molecule has 10 heteroatoms. The van der Waals surface area contributed by atoms with Gasteiger partial charge in [0.1, 0.15) is 6.54 Å². The van der Waals surface area contributed by atoms with Gasteiger partial charge >= 0.3 is 17.8 Å². The number of hydrogen-bond acceptors (Lipinski definition) is 6. The maximum Gasteiger partial charge on any atom is 0.334 e. The Labute approximate surface area is 133 Å². The zero-order chi connectivity index (χ0) is 17.4. The number of imide groups is 2. The van der Waals surface area contributed by atoms with Gasteiger partial charge < -0.3 is 5.32 Å². The minimum Gasteiger partial charge on any atom is -0.351 e. The number of nitrogens with one attached hydrogen (secondary N) is 1. The molecule has 2 rings (SSSR count). The molecule has 0 aromatic carbocycles. The van der Waals surface area contributed by atoms with Gasteiger partial charge in [0.2, 0.25) is 5.91 Å². The smallest absolute Gasteiger partial charge is 0.334 e. The second kappa shape index (κ2) is 6.26. The van der Waals surface area contributed by atoms with Crippen LogP contribution in [-0.2, 0) is 24.2 Å². The van der Waals surface area contributed by atoms with E-state index in [0.29, 0.717) is 11.3 Å². The lowest BCUT2D eigenvalue weighted by Gasteiger charge is -2.17. The SMILES string of the molecule is CC(C)CN1C(=O)C(=O)N(CC(=O)N[C@@H]2CCS(=O)(=O)C2)C1=O. The summed E-state index contributed by atoms with van der Waals surface area (Å²) in [5, 5.41) is 2.48. The topological polar surface area (TPSA) is 121 Å². The van der Waals surface area contributed by atoms with Gasteiger partial charge in [-0.1, -0.05) is 13.8 Å². The van der Waals surface area contributed by atoms with Gasteiger partial charge in [0.25, 0.3) is 0 Å². The molecule has 0 aromatic heterocycles. The minimum absolute atomic E-state index is 0.000173. The largest absolute Gasteiger partial charge is 0.351 e. The molecule has 0 spiro atoms. The number of amides is 5. The molecule has 0 saturated carbocycles. The summed E-state index contributed by atoms with van der Waals surface area (Å²) in [4.78, 5) is 49.0. The van der Waals surface area contributed by atoms with Gasteiger partial charge in [-0.25, -0.2) is 18.1 Å². The van der Waals surface area contributed by atoms with Crippen LogP contribution < -0.4 is 5.32 Å². The Bertz CT molecular complexity index is 657. The van der Waals surface area contributed by atoms with E-state index < -0.39 is 46.2 Å². The van der Waals surface area contributed by atoms with Crippen molar-refractivity contribution in [3.05, 3.63) is 0 Å². The fourth-order valence-corrected chi connectivity index (χ4v) is 4.22. The van der Waals surface area contributed by atoms with Crippen molar-refractivity contribution in [2.45, 2.75) is 26.3 Å². The number of carbonyl (C=O) groups is 4. The Balaban J connectivity index is 1.97. The molecule has 0 aromatic rings. The predicted octanol–water partition coefficient (Wildman–Crippen LogP) is -1.26. The Kier molecular flexibility index (Phi) is 4.73. The quantitative estimate of drug-likeness (QED) is 0.490. The van der Waals surface area contributed by atoms with Crippen LogP contribution in [0.1, 0.15) is 20.3 Å². The Hall–Kier alpha value is -1.97. The van der Waals surface area contributed by atoms with Crippen LogP contribution in [0.3, 0.4) is 0 Å². The average Bonchev–Trinajstić information content (AvgIpc) is 2.86. The summed E-state index contributed by atoms with van der Waals surface area (Å²) < 4.78 is 22.7. The third-order valence-corrected chi connectivity index (χ3v) is 5.35. The van der Waals surface area contributed by atoms with Crippen LogP contribution in [0.15, 0.2) is 0 Å². The number of rotatable bonds is 5. The molecule has 0 unspecified atom stereocenters. The van der Waals surface area contributed by atoms with Gasteiger partial charge in [0, 0.05) is 12.6 Å². The van der Waals surface area contributed by atoms with Crippen molar-refractivity contribution < 1.29 is 27.6 Å². The number of nitrogens with zero attached hydrogens (tertiary/aromatic N) is 2. The van der Waals surface area contributed by atoms with Crippen LogP contribution in [0.25, 0.3) is 0 Å². The van der Waals surface area contributed by atoms with E-state index in [0.717, 1.165) is 4.90 Å². The van der Waals surface area contributed by atoms with Crippen molar-refractivity contribution in [2.75, 3.05) is 24.6 Å². The van der Waals surface area contributed by atoms with E-state index in [9.17, 15) is 27.6 Å². The molecule has 9 nitrogen and oxygen atoms in total. The lowest BCUT2D eigenvalue weighted by atomic mass is 10.2. The van der Waals surface area contributed by atoms with Gasteiger partial charge in [-0.05, 0) is 12.3 Å². The molecule has 2 heterocycles. The monoisotopic (exact) mass is 345 g/mol. The molecule has 2 fully saturated rings. The lowest BCUT2D eigenvalue weighted by molar-refractivity contribution is -0.144. The van der Waals surface area contributed by atoms with E-state index in [1.165, 1.54) is 0 Å². The average molecular weight is 345 g/mol. The van der Waals surface area contributed by atoms with Crippen LogP contribution in [0.2, 0.25) is 0 Å². The number of urea groups is 1.